The zero-order chi connectivity index (χ0) is 37.6. The molecule has 1 aromatic carbocycles. The summed E-state index contributed by atoms with van der Waals surface area (Å²) in [5.41, 5.74) is -0.281. The molecular formula is C45H70N2O4. The summed E-state index contributed by atoms with van der Waals surface area (Å²) in [6.45, 7) is 26.4. The molecule has 6 heteroatoms. The number of rotatable bonds is 6. The summed E-state index contributed by atoms with van der Waals surface area (Å²) in [7, 11) is 0. The Kier molecular flexibility index (Phi) is 9.48. The molecular weight excluding hydrogens is 633 g/mol. The first-order valence-corrected chi connectivity index (χ1v) is 20.4. The van der Waals surface area contributed by atoms with Crippen molar-refractivity contribution in [3.05, 3.63) is 35.9 Å². The summed E-state index contributed by atoms with van der Waals surface area (Å²) < 4.78 is 5.51. The molecule has 0 radical (unpaired) electrons. The van der Waals surface area contributed by atoms with Crippen molar-refractivity contribution < 1.29 is 19.1 Å². The molecule has 2 N–H and O–H groups in total. The van der Waals surface area contributed by atoms with Crippen LogP contribution in [-0.4, -0.2) is 35.0 Å². The highest BCUT2D eigenvalue weighted by molar-refractivity contribution is 5.98. The van der Waals surface area contributed by atoms with Gasteiger partial charge in [0.15, 0.2) is 5.78 Å². The molecule has 0 spiro atoms. The van der Waals surface area contributed by atoms with Gasteiger partial charge in [0.25, 0.3) is 0 Å². The lowest BCUT2D eigenvalue weighted by Gasteiger charge is -2.72. The van der Waals surface area contributed by atoms with Gasteiger partial charge in [-0.2, -0.15) is 0 Å². The smallest absolute Gasteiger partial charge is 0.408 e. The Hall–Kier alpha value is -2.37. The summed E-state index contributed by atoms with van der Waals surface area (Å²) in [5.74, 6) is 2.05. The highest BCUT2D eigenvalue weighted by Gasteiger charge is 2.73. The molecule has 5 aliphatic rings. The zero-order valence-corrected chi connectivity index (χ0v) is 34.1. The van der Waals surface area contributed by atoms with Gasteiger partial charge in [0, 0.05) is 5.41 Å². The van der Waals surface area contributed by atoms with Crippen LogP contribution in [0.4, 0.5) is 4.79 Å². The van der Waals surface area contributed by atoms with Crippen molar-refractivity contribution >= 4 is 17.8 Å². The highest BCUT2D eigenvalue weighted by atomic mass is 16.6. The Labute approximate surface area is 309 Å². The number of ether oxygens (including phenoxy) is 1. The van der Waals surface area contributed by atoms with Crippen molar-refractivity contribution in [3.63, 3.8) is 0 Å². The first-order valence-electron chi connectivity index (χ1n) is 20.4. The van der Waals surface area contributed by atoms with Gasteiger partial charge >= 0.3 is 6.09 Å². The number of hydrogen-bond acceptors (Lipinski definition) is 4. The van der Waals surface area contributed by atoms with Crippen LogP contribution in [-0.2, 0) is 20.7 Å². The molecule has 0 unspecified atom stereocenters. The predicted molar refractivity (Wildman–Crippen MR) is 205 cm³/mol. The van der Waals surface area contributed by atoms with Gasteiger partial charge in [-0.25, -0.2) is 4.79 Å². The fourth-order valence-electron chi connectivity index (χ4n) is 13.9. The quantitative estimate of drug-likeness (QED) is 0.309. The van der Waals surface area contributed by atoms with Crippen LogP contribution in [0, 0.1) is 62.6 Å². The van der Waals surface area contributed by atoms with Crippen molar-refractivity contribution in [2.45, 2.75) is 164 Å². The number of fused-ring (bicyclic) bond motifs is 7. The average Bonchev–Trinajstić information content (AvgIpc) is 3.23. The number of nitrogens with one attached hydrogen (secondary N) is 2. The summed E-state index contributed by atoms with van der Waals surface area (Å²) in [5, 5.41) is 6.09. The predicted octanol–water partition coefficient (Wildman–Crippen LogP) is 9.93. The second-order valence-electron chi connectivity index (χ2n) is 21.2. The van der Waals surface area contributed by atoms with E-state index in [4.69, 9.17) is 4.74 Å². The molecule has 2 amide bonds. The molecule has 10 atom stereocenters. The van der Waals surface area contributed by atoms with Crippen LogP contribution in [0.15, 0.2) is 30.3 Å². The van der Waals surface area contributed by atoms with Crippen LogP contribution in [0.2, 0.25) is 0 Å². The van der Waals surface area contributed by atoms with E-state index in [0.717, 1.165) is 25.2 Å². The first-order chi connectivity index (χ1) is 23.5. The third-order valence-corrected chi connectivity index (χ3v) is 16.4. The zero-order valence-electron chi connectivity index (χ0n) is 34.1. The molecule has 284 valence electrons. The van der Waals surface area contributed by atoms with Gasteiger partial charge in [0.05, 0.1) is 6.04 Å². The maximum Gasteiger partial charge on any atom is 0.408 e. The monoisotopic (exact) mass is 703 g/mol. The van der Waals surface area contributed by atoms with E-state index in [-0.39, 0.29) is 40.3 Å². The Morgan fingerprint density at radius 3 is 2.12 bits per heavy atom. The Morgan fingerprint density at radius 1 is 0.843 bits per heavy atom. The standard InChI is InChI=1S/C45H70N2O4/c1-28(2)45(27-29-17-14-13-15-18-29)34-30(35(36(45)48)46-37(49)41(8,9)47-38(50)51-39(3,4)5)21-25-43(11)31(34)19-20-33-42(10)24-16-23-40(6,7)32(42)22-26-44(33,43)12/h13-15,17-18,28,30-35H,16,19-27H2,1-12H3,(H,46,49)(H,47,50)/t30-,31-,32-,33-,34+,35-,42-,43-,44-,45-/m0/s1. The largest absolute Gasteiger partial charge is 0.444 e. The fraction of sp³-hybridized carbons (Fsp3) is 0.800. The van der Waals surface area contributed by atoms with Crippen molar-refractivity contribution in [1.29, 1.82) is 0 Å². The molecule has 0 aromatic heterocycles. The minimum atomic E-state index is -1.25. The summed E-state index contributed by atoms with van der Waals surface area (Å²) in [6, 6.07) is 10.0. The van der Waals surface area contributed by atoms with Gasteiger partial charge in [-0.3, -0.25) is 9.59 Å². The third kappa shape index (κ3) is 5.99. The Balaban J connectivity index is 1.39. The van der Waals surface area contributed by atoms with Crippen molar-refractivity contribution in [3.8, 4) is 0 Å². The van der Waals surface area contributed by atoms with E-state index in [2.05, 4.69) is 89.4 Å². The molecule has 51 heavy (non-hydrogen) atoms. The molecule has 0 bridgehead atoms. The number of hydrogen-bond donors (Lipinski definition) is 2. The van der Waals surface area contributed by atoms with E-state index in [1.807, 2.05) is 20.8 Å². The Bertz CT molecular complexity index is 1510. The second-order valence-corrected chi connectivity index (χ2v) is 21.2. The molecule has 0 aliphatic heterocycles. The SMILES string of the molecule is CC(C)[C@]1(Cc2ccccc2)C(=O)[C@@H](NC(=O)C(C)(C)NC(=O)OC(C)(C)C)[C@H]2CC[C@@]3(C)[C@@H](CC[C@H]4[C@@]5(C)CCCC(C)(C)[C@@H]5CC[C@@]43C)[C@@H]21. The van der Waals surface area contributed by atoms with Crippen LogP contribution in [0.25, 0.3) is 0 Å². The number of Topliss-reactive ketones (excluding diaryl/α,β-unsaturated/α-hetero) is 1. The molecule has 6 rings (SSSR count). The molecule has 0 heterocycles. The van der Waals surface area contributed by atoms with E-state index >= 15 is 4.79 Å². The van der Waals surface area contributed by atoms with E-state index in [1.165, 1.54) is 44.1 Å². The molecule has 1 aromatic rings. The average molecular weight is 703 g/mol. The van der Waals surface area contributed by atoms with Gasteiger partial charge in [-0.15, -0.1) is 0 Å². The van der Waals surface area contributed by atoms with Crippen molar-refractivity contribution in [2.75, 3.05) is 0 Å². The lowest BCUT2D eigenvalue weighted by atomic mass is 9.32. The minimum Gasteiger partial charge on any atom is -0.444 e. The van der Waals surface area contributed by atoms with E-state index in [1.54, 1.807) is 13.8 Å². The minimum absolute atomic E-state index is 0.0589. The molecule has 5 saturated carbocycles. The third-order valence-electron chi connectivity index (χ3n) is 16.4. The number of carbonyl (C=O) groups excluding carboxylic acids is 3. The lowest BCUT2D eigenvalue weighted by molar-refractivity contribution is -0.234. The van der Waals surface area contributed by atoms with Gasteiger partial charge in [0.1, 0.15) is 11.1 Å². The van der Waals surface area contributed by atoms with E-state index in [0.29, 0.717) is 29.1 Å². The topological polar surface area (TPSA) is 84.5 Å². The van der Waals surface area contributed by atoms with Gasteiger partial charge in [-0.1, -0.05) is 85.2 Å². The fourth-order valence-corrected chi connectivity index (χ4v) is 13.9. The van der Waals surface area contributed by atoms with Crippen LogP contribution in [0.1, 0.15) is 146 Å². The van der Waals surface area contributed by atoms with Crippen LogP contribution in [0.3, 0.4) is 0 Å². The number of carbonyl (C=O) groups is 3. The summed E-state index contributed by atoms with van der Waals surface area (Å²) >= 11 is 0. The van der Waals surface area contributed by atoms with Crippen LogP contribution >= 0.6 is 0 Å². The van der Waals surface area contributed by atoms with Gasteiger partial charge in [0.2, 0.25) is 5.91 Å². The molecule has 5 aliphatic carbocycles. The maximum absolute atomic E-state index is 15.4. The Morgan fingerprint density at radius 2 is 1.49 bits per heavy atom. The normalized spacial score (nSPS) is 40.4. The van der Waals surface area contributed by atoms with Crippen molar-refractivity contribution in [1.82, 2.24) is 10.6 Å². The first kappa shape index (κ1) is 38.4. The number of ketones is 1. The maximum atomic E-state index is 15.4. The van der Waals surface area contributed by atoms with E-state index in [9.17, 15) is 9.59 Å². The number of alkyl carbamates (subject to hydrolysis) is 1. The van der Waals surface area contributed by atoms with Gasteiger partial charge < -0.3 is 15.4 Å². The molecule has 6 nitrogen and oxygen atoms in total. The summed E-state index contributed by atoms with van der Waals surface area (Å²) in [4.78, 5) is 42.4. The molecule has 5 fully saturated rings. The van der Waals surface area contributed by atoms with Gasteiger partial charge in [-0.05, 0) is 155 Å². The van der Waals surface area contributed by atoms with Crippen LogP contribution < -0.4 is 10.6 Å². The second kappa shape index (κ2) is 12.6. The summed E-state index contributed by atoms with van der Waals surface area (Å²) in [6.07, 6.45) is 11.1. The highest BCUT2D eigenvalue weighted by Crippen LogP contribution is 2.77. The van der Waals surface area contributed by atoms with Crippen molar-refractivity contribution in [2.24, 2.45) is 62.6 Å². The lowest BCUT2D eigenvalue weighted by Crippen LogP contribution is -2.65. The van der Waals surface area contributed by atoms with E-state index < -0.39 is 28.7 Å². The van der Waals surface area contributed by atoms with Crippen LogP contribution in [0.5, 0.6) is 0 Å². The number of benzene rings is 1. The number of amides is 2. The molecule has 0 saturated heterocycles.